The Hall–Kier alpha value is -2.38. The molecule has 1 fully saturated rings. The van der Waals surface area contributed by atoms with E-state index < -0.39 is 0 Å². The number of methoxy groups -OCH3 is 1. The minimum absolute atomic E-state index is 0.0619. The number of hydrazine groups is 1. The van der Waals surface area contributed by atoms with Crippen LogP contribution in [0.15, 0.2) is 30.3 Å². The molecule has 1 aromatic carbocycles. The number of rotatable bonds is 5. The van der Waals surface area contributed by atoms with E-state index in [-0.39, 0.29) is 18.0 Å². The Balaban J connectivity index is 1.63. The molecule has 128 valence electrons. The van der Waals surface area contributed by atoms with Crippen molar-refractivity contribution >= 4 is 11.7 Å². The van der Waals surface area contributed by atoms with Crippen LogP contribution in [0.2, 0.25) is 0 Å². The Morgan fingerprint density at radius 2 is 2.12 bits per heavy atom. The third kappa shape index (κ3) is 3.42. The van der Waals surface area contributed by atoms with E-state index in [1.807, 2.05) is 44.2 Å². The van der Waals surface area contributed by atoms with Gasteiger partial charge in [0.05, 0.1) is 12.8 Å². The average Bonchev–Trinajstić information content (AvgIpc) is 3.21. The predicted octanol–water partition coefficient (Wildman–Crippen LogP) is 1.77. The lowest BCUT2D eigenvalue weighted by Crippen LogP contribution is -2.39. The lowest BCUT2D eigenvalue weighted by Gasteiger charge is -2.11. The molecule has 2 heterocycles. The van der Waals surface area contributed by atoms with Crippen LogP contribution < -0.4 is 20.9 Å². The number of ether oxygens (including phenoxy) is 1. The standard InChI is InChI=1S/C17H23N5O2/c1-4-22-16(9-11(2)21-22)18-17(23)15-10-14(19-20-15)12-5-7-13(24-3)8-6-12/h5-9,14-15,19-20H,4,10H2,1-3H3,(H,18,23). The summed E-state index contributed by atoms with van der Waals surface area (Å²) in [6.07, 6.45) is 0.678. The Labute approximate surface area is 141 Å². The van der Waals surface area contributed by atoms with Crippen molar-refractivity contribution in [2.24, 2.45) is 0 Å². The number of carbonyl (C=O) groups is 1. The Morgan fingerprint density at radius 1 is 1.38 bits per heavy atom. The number of anilines is 1. The molecular weight excluding hydrogens is 306 g/mol. The fourth-order valence-electron chi connectivity index (χ4n) is 2.88. The zero-order valence-corrected chi connectivity index (χ0v) is 14.2. The van der Waals surface area contributed by atoms with Crippen molar-refractivity contribution < 1.29 is 9.53 Å². The van der Waals surface area contributed by atoms with Crippen LogP contribution in [0.1, 0.15) is 30.6 Å². The summed E-state index contributed by atoms with van der Waals surface area (Å²) in [4.78, 5) is 12.5. The van der Waals surface area contributed by atoms with Gasteiger partial charge in [0, 0.05) is 18.7 Å². The topological polar surface area (TPSA) is 80.2 Å². The van der Waals surface area contributed by atoms with Crippen LogP contribution >= 0.6 is 0 Å². The molecule has 0 bridgehead atoms. The van der Waals surface area contributed by atoms with Gasteiger partial charge in [0.15, 0.2) is 0 Å². The summed E-state index contributed by atoms with van der Waals surface area (Å²) in [7, 11) is 1.65. The first kappa shape index (κ1) is 16.5. The number of aromatic nitrogens is 2. The molecule has 2 aromatic rings. The van der Waals surface area contributed by atoms with Crippen LogP contribution in [0.25, 0.3) is 0 Å². The summed E-state index contributed by atoms with van der Waals surface area (Å²) in [5, 5.41) is 7.30. The molecule has 0 saturated carbocycles. The van der Waals surface area contributed by atoms with Gasteiger partial charge in [-0.05, 0) is 38.0 Å². The third-order valence-electron chi connectivity index (χ3n) is 4.19. The minimum Gasteiger partial charge on any atom is -0.497 e. The van der Waals surface area contributed by atoms with E-state index in [1.54, 1.807) is 11.8 Å². The largest absolute Gasteiger partial charge is 0.497 e. The highest BCUT2D eigenvalue weighted by atomic mass is 16.5. The second-order valence-corrected chi connectivity index (χ2v) is 5.88. The van der Waals surface area contributed by atoms with Crippen LogP contribution in [0, 0.1) is 6.92 Å². The van der Waals surface area contributed by atoms with E-state index in [4.69, 9.17) is 4.74 Å². The molecule has 1 aromatic heterocycles. The van der Waals surface area contributed by atoms with Crippen LogP contribution in [0.4, 0.5) is 5.82 Å². The predicted molar refractivity (Wildman–Crippen MR) is 91.7 cm³/mol. The molecule has 2 unspecified atom stereocenters. The van der Waals surface area contributed by atoms with Crippen LogP contribution in [0.5, 0.6) is 5.75 Å². The van der Waals surface area contributed by atoms with Crippen molar-refractivity contribution in [3.05, 3.63) is 41.6 Å². The van der Waals surface area contributed by atoms with Gasteiger partial charge in [0.2, 0.25) is 5.91 Å². The Kier molecular flexibility index (Phi) is 4.82. The minimum atomic E-state index is -0.294. The Morgan fingerprint density at radius 3 is 2.79 bits per heavy atom. The molecule has 7 nitrogen and oxygen atoms in total. The molecule has 3 rings (SSSR count). The average molecular weight is 329 g/mol. The molecule has 1 aliphatic heterocycles. The highest BCUT2D eigenvalue weighted by molar-refractivity contribution is 5.94. The van der Waals surface area contributed by atoms with Gasteiger partial charge in [-0.25, -0.2) is 15.5 Å². The van der Waals surface area contributed by atoms with Crippen LogP contribution in [-0.2, 0) is 11.3 Å². The van der Waals surface area contributed by atoms with Crippen molar-refractivity contribution in [3.63, 3.8) is 0 Å². The molecule has 0 aliphatic carbocycles. The summed E-state index contributed by atoms with van der Waals surface area (Å²) in [6, 6.07) is 9.54. The molecule has 7 heteroatoms. The summed E-state index contributed by atoms with van der Waals surface area (Å²) in [6.45, 7) is 4.63. The number of amides is 1. The van der Waals surface area contributed by atoms with Gasteiger partial charge < -0.3 is 10.1 Å². The fourth-order valence-corrected chi connectivity index (χ4v) is 2.88. The molecule has 0 spiro atoms. The number of aryl methyl sites for hydroxylation is 2. The van der Waals surface area contributed by atoms with Crippen LogP contribution in [0.3, 0.4) is 0 Å². The van der Waals surface area contributed by atoms with Gasteiger partial charge in [-0.2, -0.15) is 5.10 Å². The zero-order valence-electron chi connectivity index (χ0n) is 14.2. The number of nitrogens with zero attached hydrogens (tertiary/aromatic N) is 2. The highest BCUT2D eigenvalue weighted by Crippen LogP contribution is 2.24. The molecule has 1 saturated heterocycles. The van der Waals surface area contributed by atoms with Crippen molar-refractivity contribution in [1.82, 2.24) is 20.6 Å². The first-order valence-electron chi connectivity index (χ1n) is 8.11. The second-order valence-electron chi connectivity index (χ2n) is 5.88. The van der Waals surface area contributed by atoms with E-state index in [1.165, 1.54) is 0 Å². The monoisotopic (exact) mass is 329 g/mol. The summed E-state index contributed by atoms with van der Waals surface area (Å²) >= 11 is 0. The van der Waals surface area contributed by atoms with E-state index in [0.29, 0.717) is 13.0 Å². The lowest BCUT2D eigenvalue weighted by atomic mass is 10.0. The van der Waals surface area contributed by atoms with Crippen molar-refractivity contribution in [3.8, 4) is 5.75 Å². The number of hydrogen-bond acceptors (Lipinski definition) is 5. The van der Waals surface area contributed by atoms with Gasteiger partial charge in [-0.1, -0.05) is 12.1 Å². The Bertz CT molecular complexity index is 710. The first-order valence-corrected chi connectivity index (χ1v) is 8.11. The van der Waals surface area contributed by atoms with Gasteiger partial charge in [-0.15, -0.1) is 0 Å². The van der Waals surface area contributed by atoms with E-state index in [0.717, 1.165) is 22.8 Å². The zero-order chi connectivity index (χ0) is 17.1. The van der Waals surface area contributed by atoms with E-state index in [9.17, 15) is 4.79 Å². The molecule has 3 N–H and O–H groups in total. The maximum Gasteiger partial charge on any atom is 0.244 e. The smallest absolute Gasteiger partial charge is 0.244 e. The molecule has 1 aliphatic rings. The van der Waals surface area contributed by atoms with Gasteiger partial charge in [0.1, 0.15) is 17.6 Å². The number of nitrogens with one attached hydrogen (secondary N) is 3. The van der Waals surface area contributed by atoms with Crippen molar-refractivity contribution in [2.75, 3.05) is 12.4 Å². The highest BCUT2D eigenvalue weighted by Gasteiger charge is 2.30. The normalized spacial score (nSPS) is 20.1. The van der Waals surface area contributed by atoms with Crippen molar-refractivity contribution in [2.45, 2.75) is 38.9 Å². The van der Waals surface area contributed by atoms with Gasteiger partial charge in [0.25, 0.3) is 0 Å². The quantitative estimate of drug-likeness (QED) is 0.779. The molecule has 1 amide bonds. The molecule has 24 heavy (non-hydrogen) atoms. The summed E-state index contributed by atoms with van der Waals surface area (Å²) < 4.78 is 6.96. The van der Waals surface area contributed by atoms with Gasteiger partial charge in [-0.3, -0.25) is 4.79 Å². The number of hydrogen-bond donors (Lipinski definition) is 3. The van der Waals surface area contributed by atoms with Gasteiger partial charge >= 0.3 is 0 Å². The first-order chi connectivity index (χ1) is 11.6. The molecule has 2 atom stereocenters. The molecule has 0 radical (unpaired) electrons. The lowest BCUT2D eigenvalue weighted by molar-refractivity contribution is -0.117. The maximum absolute atomic E-state index is 12.5. The maximum atomic E-state index is 12.5. The van der Waals surface area contributed by atoms with E-state index >= 15 is 0 Å². The summed E-state index contributed by atoms with van der Waals surface area (Å²) in [5.74, 6) is 1.49. The fraction of sp³-hybridized carbons (Fsp3) is 0.412. The third-order valence-corrected chi connectivity index (χ3v) is 4.19. The van der Waals surface area contributed by atoms with E-state index in [2.05, 4.69) is 21.3 Å². The van der Waals surface area contributed by atoms with Crippen LogP contribution in [-0.4, -0.2) is 28.8 Å². The molecular formula is C17H23N5O2. The number of benzene rings is 1. The second kappa shape index (κ2) is 7.02. The SMILES string of the molecule is CCn1nc(C)cc1NC(=O)C1CC(c2ccc(OC)cc2)NN1. The summed E-state index contributed by atoms with van der Waals surface area (Å²) in [5.41, 5.74) is 8.27. The number of carbonyl (C=O) groups excluding carboxylic acids is 1. The van der Waals surface area contributed by atoms with Crippen molar-refractivity contribution in [1.29, 1.82) is 0 Å².